The largest absolute Gasteiger partial charge is 0.542 e. The third kappa shape index (κ3) is 14.0. The minimum absolute atomic E-state index is 0.0937. The van der Waals surface area contributed by atoms with Gasteiger partial charge in [-0.15, -0.1) is 0 Å². The Morgan fingerprint density at radius 2 is 1.40 bits per heavy atom. The fourth-order valence-corrected chi connectivity index (χ4v) is 5.23. The number of hydrogen-bond donors (Lipinski definition) is 2. The molecule has 12 nitrogen and oxygen atoms in total. The lowest BCUT2D eigenvalue weighted by Crippen LogP contribution is -2.40. The van der Waals surface area contributed by atoms with E-state index in [4.69, 9.17) is 23.4 Å². The first-order chi connectivity index (χ1) is 22.0. The highest BCUT2D eigenvalue weighted by atomic mass is 28.4. The summed E-state index contributed by atoms with van der Waals surface area (Å²) in [7, 11) is -2.43. The minimum Gasteiger partial charge on any atom is -0.542 e. The topological polar surface area (TPSA) is 150 Å². The molecule has 0 spiro atoms. The van der Waals surface area contributed by atoms with Gasteiger partial charge in [0.25, 0.3) is 8.32 Å². The zero-order chi connectivity index (χ0) is 36.5. The predicted molar refractivity (Wildman–Crippen MR) is 185 cm³/mol. The van der Waals surface area contributed by atoms with Crippen LogP contribution in [0.15, 0.2) is 36.6 Å². The summed E-state index contributed by atoms with van der Waals surface area (Å²) < 4.78 is 29.0. The number of piperidine rings is 1. The average molecular weight is 691 g/mol. The smallest absolute Gasteiger partial charge is 0.407 e. The summed E-state index contributed by atoms with van der Waals surface area (Å²) in [4.78, 5) is 50.3. The van der Waals surface area contributed by atoms with Gasteiger partial charge in [0.15, 0.2) is 24.7 Å². The minimum atomic E-state index is -2.43. The number of carbonyl (C=O) groups is 4. The molecule has 0 unspecified atom stereocenters. The SMILES string of the molecule is CC(C)(C)OC(=O)COc1ccc(/C(=C/NC(=O)/C=C/C2CCN(C(=O)O)CC2)O[Si](C)(C)C(C)(C)C)cc1OCC(=O)OC(C)(C)C. The number of hydrogen-bond acceptors (Lipinski definition) is 9. The Morgan fingerprint density at radius 3 is 1.88 bits per heavy atom. The molecule has 0 radical (unpaired) electrons. The van der Waals surface area contributed by atoms with Crippen molar-refractivity contribution in [1.29, 1.82) is 0 Å². The van der Waals surface area contributed by atoms with Crippen molar-refractivity contribution < 1.29 is 47.7 Å². The number of allylic oxidation sites excluding steroid dienone is 1. The fraction of sp³-hybridized carbons (Fsp3) is 0.600. The van der Waals surface area contributed by atoms with Crippen LogP contribution in [0.4, 0.5) is 4.79 Å². The van der Waals surface area contributed by atoms with E-state index in [0.29, 0.717) is 37.3 Å². The van der Waals surface area contributed by atoms with Gasteiger partial charge in [-0.1, -0.05) is 26.8 Å². The molecule has 0 aromatic heterocycles. The van der Waals surface area contributed by atoms with E-state index < -0.39 is 44.2 Å². The molecule has 2 amide bonds. The molecule has 0 bridgehead atoms. The maximum absolute atomic E-state index is 12.9. The number of nitrogens with one attached hydrogen (secondary N) is 1. The normalized spacial score (nSPS) is 15.1. The Balaban J connectivity index is 2.39. The number of carboxylic acid groups (broad SMARTS) is 1. The molecule has 1 aromatic carbocycles. The van der Waals surface area contributed by atoms with Crippen molar-refractivity contribution in [3.05, 3.63) is 42.1 Å². The molecule has 1 aliphatic heterocycles. The molecule has 0 aliphatic carbocycles. The maximum atomic E-state index is 12.9. The molecule has 1 aliphatic rings. The van der Waals surface area contributed by atoms with E-state index in [2.05, 4.69) is 39.2 Å². The van der Waals surface area contributed by atoms with Crippen LogP contribution in [0.2, 0.25) is 18.1 Å². The second-order valence-corrected chi connectivity index (χ2v) is 20.0. The number of carbonyl (C=O) groups excluding carboxylic acids is 3. The zero-order valence-electron chi connectivity index (χ0n) is 30.4. The van der Waals surface area contributed by atoms with Gasteiger partial charge in [-0.2, -0.15) is 0 Å². The first kappa shape index (κ1) is 40.2. The van der Waals surface area contributed by atoms with Crippen LogP contribution in [0.1, 0.15) is 80.7 Å². The Bertz CT molecular complexity index is 1360. The molecule has 0 saturated carbocycles. The van der Waals surface area contributed by atoms with Crippen LogP contribution in [0.5, 0.6) is 11.5 Å². The van der Waals surface area contributed by atoms with E-state index in [0.717, 1.165) is 0 Å². The Labute approximate surface area is 285 Å². The second-order valence-electron chi connectivity index (χ2n) is 15.3. The molecule has 0 atom stereocenters. The van der Waals surface area contributed by atoms with E-state index in [1.807, 2.05) is 0 Å². The number of amides is 2. The van der Waals surface area contributed by atoms with Crippen molar-refractivity contribution in [3.63, 3.8) is 0 Å². The average Bonchev–Trinajstić information content (AvgIpc) is 2.94. The fourth-order valence-electron chi connectivity index (χ4n) is 4.20. The molecular formula is C35H54N2O10Si. The van der Waals surface area contributed by atoms with Gasteiger partial charge in [0.1, 0.15) is 17.0 Å². The van der Waals surface area contributed by atoms with E-state index in [1.54, 1.807) is 65.8 Å². The van der Waals surface area contributed by atoms with Crippen LogP contribution < -0.4 is 14.8 Å². The van der Waals surface area contributed by atoms with E-state index in [9.17, 15) is 24.3 Å². The summed E-state index contributed by atoms with van der Waals surface area (Å²) >= 11 is 0. The van der Waals surface area contributed by atoms with Crippen LogP contribution in [-0.4, -0.2) is 79.8 Å². The molecule has 48 heavy (non-hydrogen) atoms. The predicted octanol–water partition coefficient (Wildman–Crippen LogP) is 6.51. The number of rotatable bonds is 12. The molecular weight excluding hydrogens is 636 g/mol. The second kappa shape index (κ2) is 16.4. The van der Waals surface area contributed by atoms with Crippen molar-refractivity contribution in [1.82, 2.24) is 10.2 Å². The summed E-state index contributed by atoms with van der Waals surface area (Å²) in [6.07, 6.45) is 5.09. The number of nitrogens with zero attached hydrogens (tertiary/aromatic N) is 1. The van der Waals surface area contributed by atoms with Gasteiger partial charge in [-0.3, -0.25) is 4.79 Å². The quantitative estimate of drug-likeness (QED) is 0.108. The van der Waals surface area contributed by atoms with Crippen LogP contribution in [-0.2, 0) is 28.3 Å². The lowest BCUT2D eigenvalue weighted by molar-refractivity contribution is -0.158. The molecule has 2 N–H and O–H groups in total. The number of esters is 2. The molecule has 2 rings (SSSR count). The number of ether oxygens (including phenoxy) is 4. The maximum Gasteiger partial charge on any atom is 0.407 e. The summed E-state index contributed by atoms with van der Waals surface area (Å²) in [5, 5.41) is 11.8. The Morgan fingerprint density at radius 1 is 0.875 bits per heavy atom. The molecule has 13 heteroatoms. The summed E-state index contributed by atoms with van der Waals surface area (Å²) in [5.74, 6) is -0.714. The zero-order valence-corrected chi connectivity index (χ0v) is 31.4. The highest BCUT2D eigenvalue weighted by Crippen LogP contribution is 2.40. The van der Waals surface area contributed by atoms with Gasteiger partial charge in [-0.25, -0.2) is 14.4 Å². The molecule has 1 heterocycles. The first-order valence-corrected chi connectivity index (χ1v) is 19.1. The van der Waals surface area contributed by atoms with Gasteiger partial charge in [-0.05, 0) is 103 Å². The van der Waals surface area contributed by atoms with Gasteiger partial charge >= 0.3 is 18.0 Å². The van der Waals surface area contributed by atoms with E-state index in [-0.39, 0.29) is 35.0 Å². The standard InChI is InChI=1S/C35H54N2O10Si/c1-33(2,3)45-30(39)22-43-26-14-13-25(20-27(26)44-23-31(40)46-34(4,5)6)28(47-48(10,11)35(7,8)9)21-36-29(38)15-12-24-16-18-37(19-17-24)32(41)42/h12-15,20-21,24H,16-19,22-23H2,1-11H3,(H,36,38)(H,41,42)/b15-12+,28-21-. The molecule has 268 valence electrons. The van der Waals surface area contributed by atoms with Gasteiger partial charge < -0.3 is 38.7 Å². The number of benzene rings is 1. The highest BCUT2D eigenvalue weighted by molar-refractivity contribution is 6.74. The van der Waals surface area contributed by atoms with Gasteiger partial charge in [0.2, 0.25) is 5.91 Å². The van der Waals surface area contributed by atoms with E-state index in [1.165, 1.54) is 17.2 Å². The number of likely N-dealkylation sites (tertiary alicyclic amines) is 1. The summed E-state index contributed by atoms with van der Waals surface area (Å²) in [6.45, 7) is 21.0. The molecule has 1 fully saturated rings. The monoisotopic (exact) mass is 690 g/mol. The lowest BCUT2D eigenvalue weighted by atomic mass is 9.96. The van der Waals surface area contributed by atoms with Crippen LogP contribution >= 0.6 is 0 Å². The molecule has 1 aromatic rings. The van der Waals surface area contributed by atoms with Crippen molar-refractivity contribution in [2.24, 2.45) is 5.92 Å². The van der Waals surface area contributed by atoms with Crippen molar-refractivity contribution in [3.8, 4) is 11.5 Å². The van der Waals surface area contributed by atoms with Crippen LogP contribution in [0, 0.1) is 5.92 Å². The molecule has 1 saturated heterocycles. The van der Waals surface area contributed by atoms with Crippen molar-refractivity contribution >= 4 is 38.0 Å². The van der Waals surface area contributed by atoms with E-state index >= 15 is 0 Å². The third-order valence-corrected chi connectivity index (χ3v) is 11.9. The van der Waals surface area contributed by atoms with Crippen LogP contribution in [0.3, 0.4) is 0 Å². The van der Waals surface area contributed by atoms with Gasteiger partial charge in [0.05, 0.1) is 0 Å². The van der Waals surface area contributed by atoms with Crippen molar-refractivity contribution in [2.45, 2.75) is 104 Å². The summed E-state index contributed by atoms with van der Waals surface area (Å²) in [5.41, 5.74) is -0.874. The highest BCUT2D eigenvalue weighted by Gasteiger charge is 2.40. The van der Waals surface area contributed by atoms with Crippen LogP contribution in [0.25, 0.3) is 5.76 Å². The summed E-state index contributed by atoms with van der Waals surface area (Å²) in [6, 6.07) is 4.92. The Kier molecular flexibility index (Phi) is 13.7. The third-order valence-electron chi connectivity index (χ3n) is 7.61. The first-order valence-electron chi connectivity index (χ1n) is 16.2. The lowest BCUT2D eigenvalue weighted by Gasteiger charge is -2.37. The van der Waals surface area contributed by atoms with Gasteiger partial charge in [0, 0.05) is 24.9 Å². The Hall–Kier alpha value is -4.00. The van der Waals surface area contributed by atoms with Crippen molar-refractivity contribution in [2.75, 3.05) is 26.3 Å².